The topological polar surface area (TPSA) is 55.8 Å². The van der Waals surface area contributed by atoms with Gasteiger partial charge in [-0.1, -0.05) is 12.2 Å². The lowest BCUT2D eigenvalue weighted by atomic mass is 10.2. The summed E-state index contributed by atoms with van der Waals surface area (Å²) in [6, 6.07) is 0. The van der Waals surface area contributed by atoms with Gasteiger partial charge in [0.15, 0.2) is 0 Å². The molecule has 0 saturated carbocycles. The second-order valence-electron chi connectivity index (χ2n) is 4.27. The van der Waals surface area contributed by atoms with E-state index in [1.165, 1.54) is 0 Å². The van der Waals surface area contributed by atoms with Crippen LogP contribution in [0.15, 0.2) is 12.2 Å². The van der Waals surface area contributed by atoms with Crippen molar-refractivity contribution in [3.05, 3.63) is 26.0 Å². The van der Waals surface area contributed by atoms with E-state index in [4.69, 9.17) is 18.6 Å². The van der Waals surface area contributed by atoms with Crippen molar-refractivity contribution in [2.45, 2.75) is 25.4 Å². The largest absolute Gasteiger partial charge is 0.462 e. The number of hydrogen-bond acceptors (Lipinski definition) is 5. The number of rotatable bonds is 9. The molecule has 0 amide bonds. The molecular formula is C14H21NO4. The summed E-state index contributed by atoms with van der Waals surface area (Å²) in [5.74, 6) is -1.14. The minimum atomic E-state index is -0.832. The summed E-state index contributed by atoms with van der Waals surface area (Å²) in [5, 5.41) is 0. The molecule has 1 atom stereocenters. The molecule has 0 aliphatic heterocycles. The van der Waals surface area contributed by atoms with Gasteiger partial charge in [-0.3, -0.25) is 9.59 Å². The van der Waals surface area contributed by atoms with Gasteiger partial charge in [0.1, 0.15) is 12.7 Å². The predicted molar refractivity (Wildman–Crippen MR) is 71.0 cm³/mol. The standard InChI is InChI=1S/C14H21NO4/c1-12(8-5-6-11-18-13(2)16)19-14(17)9-7-10-15(3)4/h1-2,5-6,12H,7-11H2,3-4H3/b6-5+. The molecule has 19 heavy (non-hydrogen) atoms. The first kappa shape index (κ1) is 17.6. The zero-order chi connectivity index (χ0) is 14.7. The van der Waals surface area contributed by atoms with Crippen LogP contribution in [0.3, 0.4) is 0 Å². The Labute approximate surface area is 115 Å². The maximum Gasteiger partial charge on any atom is 0.311 e. The molecule has 0 aromatic rings. The van der Waals surface area contributed by atoms with E-state index < -0.39 is 12.1 Å². The molecule has 0 aliphatic carbocycles. The minimum absolute atomic E-state index is 0.0822. The van der Waals surface area contributed by atoms with Crippen LogP contribution in [0.2, 0.25) is 0 Å². The highest BCUT2D eigenvalue weighted by molar-refractivity contribution is 5.73. The molecule has 0 saturated heterocycles. The van der Waals surface area contributed by atoms with Crippen molar-refractivity contribution in [3.8, 4) is 0 Å². The first-order chi connectivity index (χ1) is 8.91. The molecule has 0 aromatic heterocycles. The molecule has 4 radical (unpaired) electrons. The summed E-state index contributed by atoms with van der Waals surface area (Å²) in [7, 11) is 3.88. The van der Waals surface area contributed by atoms with E-state index in [2.05, 4.69) is 4.74 Å². The molecular weight excluding hydrogens is 246 g/mol. The fourth-order valence-corrected chi connectivity index (χ4v) is 1.24. The van der Waals surface area contributed by atoms with Crippen molar-refractivity contribution < 1.29 is 19.1 Å². The maximum absolute atomic E-state index is 11.4. The fourth-order valence-electron chi connectivity index (χ4n) is 1.24. The Bertz CT molecular complexity index is 300. The number of carbonyl (C=O) groups is 2. The van der Waals surface area contributed by atoms with Crippen LogP contribution in [0.1, 0.15) is 19.3 Å². The van der Waals surface area contributed by atoms with Crippen LogP contribution in [0.25, 0.3) is 0 Å². The fraction of sp³-hybridized carbons (Fsp3) is 0.571. The third-order valence-electron chi connectivity index (χ3n) is 2.13. The second-order valence-corrected chi connectivity index (χ2v) is 4.27. The van der Waals surface area contributed by atoms with Crippen LogP contribution in [0, 0.1) is 13.8 Å². The number of esters is 2. The molecule has 1 unspecified atom stereocenters. The number of nitrogens with zero attached hydrogens (tertiary/aromatic N) is 1. The summed E-state index contributed by atoms with van der Waals surface area (Å²) in [5.41, 5.74) is 0. The SMILES string of the molecule is [CH]C(=O)OC/C=C/CC([CH])OC(=O)CCCN(C)C. The molecule has 0 bridgehead atoms. The highest BCUT2D eigenvalue weighted by Crippen LogP contribution is 2.02. The predicted octanol–water partition coefficient (Wildman–Crippen LogP) is 1.15. The van der Waals surface area contributed by atoms with Crippen LogP contribution >= 0.6 is 0 Å². The molecule has 0 aromatic carbocycles. The van der Waals surface area contributed by atoms with E-state index in [-0.39, 0.29) is 12.6 Å². The molecule has 106 valence electrons. The van der Waals surface area contributed by atoms with Gasteiger partial charge in [0.2, 0.25) is 0 Å². The van der Waals surface area contributed by atoms with E-state index in [1.54, 1.807) is 12.2 Å². The summed E-state index contributed by atoms with van der Waals surface area (Å²) in [6.45, 7) is 11.3. The third kappa shape index (κ3) is 12.9. The zero-order valence-electron chi connectivity index (χ0n) is 11.5. The molecule has 0 aliphatic rings. The van der Waals surface area contributed by atoms with E-state index in [9.17, 15) is 9.59 Å². The average Bonchev–Trinajstić information content (AvgIpc) is 2.27. The van der Waals surface area contributed by atoms with E-state index in [0.717, 1.165) is 13.0 Å². The summed E-state index contributed by atoms with van der Waals surface area (Å²) < 4.78 is 9.48. The van der Waals surface area contributed by atoms with Crippen LogP contribution in [-0.2, 0) is 19.1 Å². The van der Waals surface area contributed by atoms with Gasteiger partial charge in [-0.2, -0.15) is 0 Å². The summed E-state index contributed by atoms with van der Waals surface area (Å²) >= 11 is 0. The molecule has 0 rings (SSSR count). The van der Waals surface area contributed by atoms with Crippen molar-refractivity contribution >= 4 is 11.9 Å². The zero-order valence-corrected chi connectivity index (χ0v) is 11.5. The van der Waals surface area contributed by atoms with Crippen LogP contribution in [-0.4, -0.2) is 50.2 Å². The van der Waals surface area contributed by atoms with Crippen molar-refractivity contribution in [2.24, 2.45) is 0 Å². The van der Waals surface area contributed by atoms with Gasteiger partial charge in [-0.25, -0.2) is 0 Å². The average molecular weight is 267 g/mol. The molecule has 0 heterocycles. The smallest absolute Gasteiger partial charge is 0.311 e. The van der Waals surface area contributed by atoms with Gasteiger partial charge < -0.3 is 14.4 Å². The molecule has 0 spiro atoms. The van der Waals surface area contributed by atoms with E-state index in [1.807, 2.05) is 19.0 Å². The molecule has 0 N–H and O–H groups in total. The van der Waals surface area contributed by atoms with Crippen LogP contribution in [0.4, 0.5) is 0 Å². The van der Waals surface area contributed by atoms with E-state index >= 15 is 0 Å². The van der Waals surface area contributed by atoms with Gasteiger partial charge in [0, 0.05) is 19.8 Å². The number of carbonyl (C=O) groups excluding carboxylic acids is 2. The lowest BCUT2D eigenvalue weighted by Crippen LogP contribution is -2.18. The number of hydrogen-bond donors (Lipinski definition) is 0. The first-order valence-electron chi connectivity index (χ1n) is 6.09. The molecule has 5 heteroatoms. The Hall–Kier alpha value is -1.36. The Balaban J connectivity index is 3.64. The van der Waals surface area contributed by atoms with Crippen molar-refractivity contribution in [1.82, 2.24) is 4.90 Å². The molecule has 5 nitrogen and oxygen atoms in total. The van der Waals surface area contributed by atoms with E-state index in [0.29, 0.717) is 12.8 Å². The monoisotopic (exact) mass is 267 g/mol. The normalized spacial score (nSPS) is 12.7. The Morgan fingerprint density at radius 2 is 2.00 bits per heavy atom. The van der Waals surface area contributed by atoms with Gasteiger partial charge in [-0.05, 0) is 27.1 Å². The molecule has 0 fully saturated rings. The third-order valence-corrected chi connectivity index (χ3v) is 2.13. The Kier molecular flexibility index (Phi) is 9.80. The van der Waals surface area contributed by atoms with Crippen LogP contribution < -0.4 is 0 Å². The van der Waals surface area contributed by atoms with Crippen molar-refractivity contribution in [1.29, 1.82) is 0 Å². The van der Waals surface area contributed by atoms with Crippen molar-refractivity contribution in [2.75, 3.05) is 27.2 Å². The number of ether oxygens (including phenoxy) is 2. The Morgan fingerprint density at radius 3 is 2.58 bits per heavy atom. The highest BCUT2D eigenvalue weighted by atomic mass is 16.5. The maximum atomic E-state index is 11.4. The highest BCUT2D eigenvalue weighted by Gasteiger charge is 2.08. The summed E-state index contributed by atoms with van der Waals surface area (Å²) in [6.07, 6.45) is 4.02. The lowest BCUT2D eigenvalue weighted by molar-refractivity contribution is -0.147. The van der Waals surface area contributed by atoms with Crippen LogP contribution in [0.5, 0.6) is 0 Å². The van der Waals surface area contributed by atoms with Crippen molar-refractivity contribution in [3.63, 3.8) is 0 Å². The minimum Gasteiger partial charge on any atom is -0.462 e. The van der Waals surface area contributed by atoms with Gasteiger partial charge in [0.05, 0.1) is 6.92 Å². The lowest BCUT2D eigenvalue weighted by Gasteiger charge is -2.12. The van der Waals surface area contributed by atoms with Gasteiger partial charge in [-0.15, -0.1) is 0 Å². The second kappa shape index (κ2) is 10.6. The van der Waals surface area contributed by atoms with Gasteiger partial charge in [0.25, 0.3) is 0 Å². The quantitative estimate of drug-likeness (QED) is 0.463. The Morgan fingerprint density at radius 1 is 1.32 bits per heavy atom. The van der Waals surface area contributed by atoms with Gasteiger partial charge >= 0.3 is 11.9 Å². The summed E-state index contributed by atoms with van der Waals surface area (Å²) in [4.78, 5) is 23.6. The first-order valence-corrected chi connectivity index (χ1v) is 6.09.